The molecule has 1 aromatic carbocycles. The van der Waals surface area contributed by atoms with Crippen molar-refractivity contribution in [2.24, 2.45) is 5.92 Å². The molecule has 6 heteroatoms. The Balaban J connectivity index is 1.57. The maximum atomic E-state index is 14.0. The van der Waals surface area contributed by atoms with Gasteiger partial charge in [-0.1, -0.05) is 0 Å². The monoisotopic (exact) mass is 364 g/mol. The third-order valence-electron chi connectivity index (χ3n) is 6.12. The van der Waals surface area contributed by atoms with E-state index in [1.165, 1.54) is 18.9 Å². The fourth-order valence-corrected chi connectivity index (χ4v) is 4.65. The Bertz CT molecular complexity index is 636. The van der Waals surface area contributed by atoms with Gasteiger partial charge in [-0.2, -0.15) is 4.39 Å². The van der Waals surface area contributed by atoms with E-state index in [0.717, 1.165) is 44.3 Å². The minimum atomic E-state index is -0.711. The Morgan fingerprint density at radius 1 is 1.19 bits per heavy atom. The van der Waals surface area contributed by atoms with Crippen LogP contribution in [0.2, 0.25) is 0 Å². The summed E-state index contributed by atoms with van der Waals surface area (Å²) in [5.41, 5.74) is 0.956. The lowest BCUT2D eigenvalue weighted by molar-refractivity contribution is -0.388. The molecule has 0 unspecified atom stereocenters. The molecule has 2 aliphatic rings. The van der Waals surface area contributed by atoms with Crippen molar-refractivity contribution >= 4 is 5.69 Å². The SMILES string of the molecule is COC1CCC(N2CCC(Cc3cc(C)cc(F)c3[N+](=O)[O-])CC2)CC1. The lowest BCUT2D eigenvalue weighted by Crippen LogP contribution is -2.44. The number of benzene rings is 1. The minimum absolute atomic E-state index is 0.337. The Morgan fingerprint density at radius 2 is 1.85 bits per heavy atom. The molecule has 1 aromatic rings. The summed E-state index contributed by atoms with van der Waals surface area (Å²) in [6.07, 6.45) is 7.72. The number of rotatable bonds is 5. The Kier molecular flexibility index (Phi) is 6.24. The summed E-state index contributed by atoms with van der Waals surface area (Å²) < 4.78 is 19.5. The second kappa shape index (κ2) is 8.44. The summed E-state index contributed by atoms with van der Waals surface area (Å²) >= 11 is 0. The summed E-state index contributed by atoms with van der Waals surface area (Å²) in [7, 11) is 1.80. The van der Waals surface area contributed by atoms with E-state index in [4.69, 9.17) is 4.74 Å². The molecule has 0 atom stereocenters. The van der Waals surface area contributed by atoms with Gasteiger partial charge in [0.2, 0.25) is 5.82 Å². The zero-order valence-electron chi connectivity index (χ0n) is 15.7. The predicted octanol–water partition coefficient (Wildman–Crippen LogP) is 4.25. The molecular weight excluding hydrogens is 335 g/mol. The molecule has 2 fully saturated rings. The Morgan fingerprint density at radius 3 is 2.42 bits per heavy atom. The number of nitrogens with zero attached hydrogens (tertiary/aromatic N) is 2. The van der Waals surface area contributed by atoms with Gasteiger partial charge in [0.25, 0.3) is 0 Å². The van der Waals surface area contributed by atoms with Crippen molar-refractivity contribution in [3.05, 3.63) is 39.2 Å². The average molecular weight is 364 g/mol. The quantitative estimate of drug-likeness (QED) is 0.579. The molecule has 1 saturated heterocycles. The maximum Gasteiger partial charge on any atom is 0.307 e. The highest BCUT2D eigenvalue weighted by Gasteiger charge is 2.30. The van der Waals surface area contributed by atoms with Crippen LogP contribution in [0.3, 0.4) is 0 Å². The number of likely N-dealkylation sites (tertiary alicyclic amines) is 1. The van der Waals surface area contributed by atoms with Crippen molar-refractivity contribution < 1.29 is 14.1 Å². The second-order valence-electron chi connectivity index (χ2n) is 7.86. The third kappa shape index (κ3) is 4.41. The third-order valence-corrected chi connectivity index (χ3v) is 6.12. The number of halogens is 1. The first-order valence-corrected chi connectivity index (χ1v) is 9.68. The van der Waals surface area contributed by atoms with Gasteiger partial charge >= 0.3 is 5.69 Å². The smallest absolute Gasteiger partial charge is 0.307 e. The summed E-state index contributed by atoms with van der Waals surface area (Å²) in [6.45, 7) is 3.86. The van der Waals surface area contributed by atoms with Crippen LogP contribution in [0.1, 0.15) is 49.7 Å². The first-order chi connectivity index (χ1) is 12.5. The van der Waals surface area contributed by atoms with Crippen molar-refractivity contribution in [3.63, 3.8) is 0 Å². The van der Waals surface area contributed by atoms with E-state index in [1.807, 2.05) is 0 Å². The lowest BCUT2D eigenvalue weighted by atomic mass is 9.86. The maximum absolute atomic E-state index is 14.0. The van der Waals surface area contributed by atoms with E-state index < -0.39 is 10.7 Å². The second-order valence-corrected chi connectivity index (χ2v) is 7.86. The van der Waals surface area contributed by atoms with Crippen molar-refractivity contribution in [2.45, 2.75) is 64.0 Å². The van der Waals surface area contributed by atoms with Gasteiger partial charge in [0, 0.05) is 18.7 Å². The van der Waals surface area contributed by atoms with E-state index in [9.17, 15) is 14.5 Å². The number of hydrogen-bond acceptors (Lipinski definition) is 4. The standard InChI is InChI=1S/C20H29FN2O3/c1-14-11-16(20(23(24)25)19(21)12-14)13-15-7-9-22(10-8-15)17-3-5-18(26-2)6-4-17/h11-12,15,17-18H,3-10,13H2,1-2H3. The van der Waals surface area contributed by atoms with E-state index in [-0.39, 0.29) is 5.69 Å². The molecule has 0 spiro atoms. The number of piperidine rings is 1. The van der Waals surface area contributed by atoms with E-state index >= 15 is 0 Å². The topological polar surface area (TPSA) is 55.6 Å². The van der Waals surface area contributed by atoms with Crippen molar-refractivity contribution in [3.8, 4) is 0 Å². The van der Waals surface area contributed by atoms with Crippen LogP contribution in [-0.4, -0.2) is 42.2 Å². The molecule has 0 amide bonds. The van der Waals surface area contributed by atoms with Gasteiger partial charge in [-0.3, -0.25) is 10.1 Å². The van der Waals surface area contributed by atoms with E-state index in [0.29, 0.717) is 30.0 Å². The predicted molar refractivity (Wildman–Crippen MR) is 98.8 cm³/mol. The minimum Gasteiger partial charge on any atom is -0.381 e. The highest BCUT2D eigenvalue weighted by atomic mass is 19.1. The molecular formula is C20H29FN2O3. The highest BCUT2D eigenvalue weighted by Crippen LogP contribution is 2.32. The molecule has 5 nitrogen and oxygen atoms in total. The molecule has 0 aromatic heterocycles. The zero-order chi connectivity index (χ0) is 18.7. The van der Waals surface area contributed by atoms with Crippen molar-refractivity contribution in [1.82, 2.24) is 4.90 Å². The molecule has 1 saturated carbocycles. The summed E-state index contributed by atoms with van der Waals surface area (Å²) in [5, 5.41) is 11.3. The van der Waals surface area contributed by atoms with Crippen LogP contribution >= 0.6 is 0 Å². The highest BCUT2D eigenvalue weighted by molar-refractivity contribution is 5.44. The zero-order valence-corrected chi connectivity index (χ0v) is 15.7. The fraction of sp³-hybridized carbons (Fsp3) is 0.700. The number of ether oxygens (including phenoxy) is 1. The van der Waals surface area contributed by atoms with Crippen LogP contribution in [0.15, 0.2) is 12.1 Å². The number of hydrogen-bond donors (Lipinski definition) is 0. The number of nitro groups is 1. The summed E-state index contributed by atoms with van der Waals surface area (Å²) in [4.78, 5) is 13.3. The van der Waals surface area contributed by atoms with Gasteiger partial charge in [0.05, 0.1) is 11.0 Å². The average Bonchev–Trinajstić information content (AvgIpc) is 2.61. The molecule has 26 heavy (non-hydrogen) atoms. The summed E-state index contributed by atoms with van der Waals surface area (Å²) in [6, 6.07) is 3.67. The van der Waals surface area contributed by atoms with Crippen LogP contribution in [0, 0.1) is 28.8 Å². The van der Waals surface area contributed by atoms with Gasteiger partial charge in [-0.15, -0.1) is 0 Å². The molecule has 0 bridgehead atoms. The fourth-order valence-electron chi connectivity index (χ4n) is 4.65. The first kappa shape index (κ1) is 19.2. The van der Waals surface area contributed by atoms with E-state index in [2.05, 4.69) is 4.90 Å². The van der Waals surface area contributed by atoms with Crippen LogP contribution in [0.5, 0.6) is 0 Å². The Labute approximate surface area is 154 Å². The Hall–Kier alpha value is -1.53. The number of methoxy groups -OCH3 is 1. The number of nitro benzene ring substituents is 1. The van der Waals surface area contributed by atoms with Gasteiger partial charge in [0.1, 0.15) is 0 Å². The normalized spacial score (nSPS) is 25.3. The first-order valence-electron chi connectivity index (χ1n) is 9.68. The van der Waals surface area contributed by atoms with Crippen LogP contribution in [0.25, 0.3) is 0 Å². The van der Waals surface area contributed by atoms with Gasteiger partial charge in [0.15, 0.2) is 0 Å². The molecule has 1 aliphatic carbocycles. The van der Waals surface area contributed by atoms with Crippen LogP contribution in [-0.2, 0) is 11.2 Å². The molecule has 0 radical (unpaired) electrons. The molecule has 144 valence electrons. The lowest BCUT2D eigenvalue weighted by Gasteiger charge is -2.40. The van der Waals surface area contributed by atoms with Crippen molar-refractivity contribution in [1.29, 1.82) is 0 Å². The largest absolute Gasteiger partial charge is 0.381 e. The summed E-state index contributed by atoms with van der Waals surface area (Å²) in [5.74, 6) is -0.321. The molecule has 1 heterocycles. The molecule has 1 aliphatic heterocycles. The van der Waals surface area contributed by atoms with Crippen molar-refractivity contribution in [2.75, 3.05) is 20.2 Å². The van der Waals surface area contributed by atoms with Gasteiger partial charge in [-0.05, 0) is 88.6 Å². The van der Waals surface area contributed by atoms with E-state index in [1.54, 1.807) is 20.1 Å². The van der Waals surface area contributed by atoms with Crippen LogP contribution in [0.4, 0.5) is 10.1 Å². The van der Waals surface area contributed by atoms with Gasteiger partial charge < -0.3 is 9.64 Å². The van der Waals surface area contributed by atoms with Crippen LogP contribution < -0.4 is 0 Å². The molecule has 0 N–H and O–H groups in total. The molecule has 3 rings (SSSR count). The number of aryl methyl sites for hydroxylation is 1. The van der Waals surface area contributed by atoms with Gasteiger partial charge in [-0.25, -0.2) is 0 Å².